The maximum absolute atomic E-state index is 11.9. The van der Waals surface area contributed by atoms with Gasteiger partial charge in [-0.25, -0.2) is 4.79 Å². The minimum absolute atomic E-state index is 0.0691. The number of carbonyl (C=O) groups is 2. The van der Waals surface area contributed by atoms with Gasteiger partial charge in [0.1, 0.15) is 5.69 Å². The third kappa shape index (κ3) is 3.76. The van der Waals surface area contributed by atoms with Gasteiger partial charge >= 0.3 is 5.97 Å². The monoisotopic (exact) mass is 329 g/mol. The van der Waals surface area contributed by atoms with Crippen LogP contribution in [-0.2, 0) is 11.3 Å². The molecule has 1 aromatic carbocycles. The molecular formula is C18H23N3O3. The minimum atomic E-state index is -0.349. The number of hydrogen-bond donors (Lipinski definition) is 2. The van der Waals surface area contributed by atoms with E-state index in [0.717, 1.165) is 22.5 Å². The third-order valence-electron chi connectivity index (χ3n) is 3.94. The number of anilines is 1. The smallest absolute Gasteiger partial charge is 0.338 e. The Morgan fingerprint density at radius 1 is 1.21 bits per heavy atom. The van der Waals surface area contributed by atoms with Crippen molar-refractivity contribution in [1.29, 1.82) is 0 Å². The lowest BCUT2D eigenvalue weighted by molar-refractivity contribution is 0.0599. The van der Waals surface area contributed by atoms with Gasteiger partial charge in [-0.15, -0.1) is 0 Å². The fourth-order valence-electron chi connectivity index (χ4n) is 2.39. The van der Waals surface area contributed by atoms with Gasteiger partial charge in [0.15, 0.2) is 0 Å². The molecular weight excluding hydrogens is 306 g/mol. The summed E-state index contributed by atoms with van der Waals surface area (Å²) < 4.78 is 4.83. The average Bonchev–Trinajstić information content (AvgIpc) is 3.03. The molecule has 128 valence electrons. The average molecular weight is 329 g/mol. The van der Waals surface area contributed by atoms with E-state index >= 15 is 0 Å². The summed E-state index contributed by atoms with van der Waals surface area (Å²) in [5, 5.41) is 3.27. The van der Waals surface area contributed by atoms with Crippen molar-refractivity contribution in [3.05, 3.63) is 52.3 Å². The van der Waals surface area contributed by atoms with E-state index in [1.165, 1.54) is 12.0 Å². The van der Waals surface area contributed by atoms with Crippen LogP contribution in [0.25, 0.3) is 0 Å². The highest BCUT2D eigenvalue weighted by atomic mass is 16.5. The summed E-state index contributed by atoms with van der Waals surface area (Å²) in [4.78, 5) is 28.4. The molecule has 0 saturated heterocycles. The van der Waals surface area contributed by atoms with Crippen molar-refractivity contribution in [1.82, 2.24) is 9.88 Å². The number of rotatable bonds is 5. The predicted molar refractivity (Wildman–Crippen MR) is 93.4 cm³/mol. The number of ether oxygens (including phenoxy) is 1. The van der Waals surface area contributed by atoms with Gasteiger partial charge in [0.25, 0.3) is 5.91 Å². The molecule has 0 aliphatic carbocycles. The number of nitrogens with one attached hydrogen (secondary N) is 2. The van der Waals surface area contributed by atoms with E-state index in [9.17, 15) is 9.59 Å². The van der Waals surface area contributed by atoms with Crippen LogP contribution in [0.2, 0.25) is 0 Å². The number of benzene rings is 1. The van der Waals surface area contributed by atoms with E-state index < -0.39 is 0 Å². The topological polar surface area (TPSA) is 74.4 Å². The fraction of sp³-hybridized carbons (Fsp3) is 0.333. The highest BCUT2D eigenvalue weighted by Crippen LogP contribution is 2.21. The van der Waals surface area contributed by atoms with Gasteiger partial charge in [0.05, 0.1) is 19.2 Å². The molecule has 0 aliphatic rings. The molecule has 1 amide bonds. The molecule has 1 heterocycles. The maximum Gasteiger partial charge on any atom is 0.338 e. The number of aromatic amines is 1. The number of nitrogens with zero attached hydrogens (tertiary/aromatic N) is 1. The first-order chi connectivity index (χ1) is 11.3. The van der Waals surface area contributed by atoms with Crippen LogP contribution in [0.15, 0.2) is 24.3 Å². The molecule has 6 heteroatoms. The Kier molecular flexibility index (Phi) is 5.28. The fourth-order valence-corrected chi connectivity index (χ4v) is 2.39. The molecule has 6 nitrogen and oxygen atoms in total. The van der Waals surface area contributed by atoms with Gasteiger partial charge in [0.2, 0.25) is 0 Å². The Morgan fingerprint density at radius 2 is 1.92 bits per heavy atom. The molecule has 1 aromatic heterocycles. The lowest BCUT2D eigenvalue weighted by Gasteiger charge is -2.12. The Hall–Kier alpha value is -2.76. The van der Waals surface area contributed by atoms with Gasteiger partial charge in [-0.3, -0.25) is 4.79 Å². The van der Waals surface area contributed by atoms with E-state index in [1.807, 2.05) is 26.0 Å². The van der Waals surface area contributed by atoms with Gasteiger partial charge in [-0.2, -0.15) is 0 Å². The summed E-state index contributed by atoms with van der Waals surface area (Å²) in [6.45, 7) is 4.37. The summed E-state index contributed by atoms with van der Waals surface area (Å²) in [6, 6.07) is 7.39. The quantitative estimate of drug-likeness (QED) is 0.827. The molecule has 0 bridgehead atoms. The zero-order valence-electron chi connectivity index (χ0n) is 14.7. The standard InChI is InChI=1S/C18H23N3O3/c1-11-8-14(9-15(12(11)2)18(23)24-5)19-10-13-6-7-16(20-13)17(22)21(3)4/h6-9,19-20H,10H2,1-5H3. The maximum atomic E-state index is 11.9. The van der Waals surface area contributed by atoms with Crippen LogP contribution in [0.3, 0.4) is 0 Å². The second-order valence-electron chi connectivity index (χ2n) is 5.91. The number of methoxy groups -OCH3 is 1. The van der Waals surface area contributed by atoms with Crippen molar-refractivity contribution in [3.8, 4) is 0 Å². The lowest BCUT2D eigenvalue weighted by atomic mass is 10.0. The van der Waals surface area contributed by atoms with Gasteiger partial charge < -0.3 is 19.9 Å². The summed E-state index contributed by atoms with van der Waals surface area (Å²) in [5.74, 6) is -0.418. The summed E-state index contributed by atoms with van der Waals surface area (Å²) >= 11 is 0. The first-order valence-electron chi connectivity index (χ1n) is 7.66. The molecule has 0 aliphatic heterocycles. The van der Waals surface area contributed by atoms with Gasteiger partial charge in [-0.05, 0) is 49.2 Å². The minimum Gasteiger partial charge on any atom is -0.465 e. The first kappa shape index (κ1) is 17.6. The molecule has 2 N–H and O–H groups in total. The molecule has 24 heavy (non-hydrogen) atoms. The Labute approximate surface area is 141 Å². The number of carbonyl (C=O) groups excluding carboxylic acids is 2. The summed E-state index contributed by atoms with van der Waals surface area (Å²) in [7, 11) is 4.80. The molecule has 2 aromatic rings. The van der Waals surface area contributed by atoms with E-state index in [4.69, 9.17) is 4.74 Å². The predicted octanol–water partition coefficient (Wildman–Crippen LogP) is 2.73. The Morgan fingerprint density at radius 3 is 2.54 bits per heavy atom. The lowest BCUT2D eigenvalue weighted by Crippen LogP contribution is -2.22. The summed E-state index contributed by atoms with van der Waals surface area (Å²) in [5.41, 5.74) is 4.73. The Balaban J connectivity index is 2.14. The van der Waals surface area contributed by atoms with E-state index in [0.29, 0.717) is 17.8 Å². The molecule has 0 atom stereocenters. The number of esters is 1. The van der Waals surface area contributed by atoms with E-state index in [-0.39, 0.29) is 11.9 Å². The molecule has 0 fully saturated rings. The van der Waals surface area contributed by atoms with Crippen molar-refractivity contribution in [2.75, 3.05) is 26.5 Å². The van der Waals surface area contributed by atoms with E-state index in [2.05, 4.69) is 10.3 Å². The van der Waals surface area contributed by atoms with Crippen molar-refractivity contribution >= 4 is 17.6 Å². The number of aromatic nitrogens is 1. The molecule has 0 saturated carbocycles. The van der Waals surface area contributed by atoms with Crippen LogP contribution in [0, 0.1) is 13.8 Å². The van der Waals surface area contributed by atoms with Gasteiger partial charge in [0, 0.05) is 25.5 Å². The van der Waals surface area contributed by atoms with Crippen molar-refractivity contribution in [2.24, 2.45) is 0 Å². The van der Waals surface area contributed by atoms with Crippen molar-refractivity contribution < 1.29 is 14.3 Å². The van der Waals surface area contributed by atoms with Crippen LogP contribution >= 0.6 is 0 Å². The Bertz CT molecular complexity index is 763. The first-order valence-corrected chi connectivity index (χ1v) is 7.66. The van der Waals surface area contributed by atoms with Crippen molar-refractivity contribution in [3.63, 3.8) is 0 Å². The second kappa shape index (κ2) is 7.21. The van der Waals surface area contributed by atoms with Crippen LogP contribution in [0.5, 0.6) is 0 Å². The van der Waals surface area contributed by atoms with E-state index in [1.54, 1.807) is 26.2 Å². The number of H-pyrrole nitrogens is 1. The van der Waals surface area contributed by atoms with Crippen molar-refractivity contribution in [2.45, 2.75) is 20.4 Å². The van der Waals surface area contributed by atoms with Crippen LogP contribution in [0.4, 0.5) is 5.69 Å². The van der Waals surface area contributed by atoms with Crippen LogP contribution in [-0.4, -0.2) is 43.0 Å². The number of aryl methyl sites for hydroxylation is 1. The molecule has 0 spiro atoms. The SMILES string of the molecule is COC(=O)c1cc(NCc2ccc(C(=O)N(C)C)[nH]2)cc(C)c1C. The number of hydrogen-bond acceptors (Lipinski definition) is 4. The normalized spacial score (nSPS) is 10.4. The third-order valence-corrected chi connectivity index (χ3v) is 3.94. The molecule has 0 unspecified atom stereocenters. The van der Waals surface area contributed by atoms with Crippen LogP contribution in [0.1, 0.15) is 37.7 Å². The second-order valence-corrected chi connectivity index (χ2v) is 5.91. The summed E-state index contributed by atoms with van der Waals surface area (Å²) in [6.07, 6.45) is 0. The number of amides is 1. The molecule has 0 radical (unpaired) electrons. The largest absolute Gasteiger partial charge is 0.465 e. The highest BCUT2D eigenvalue weighted by Gasteiger charge is 2.13. The zero-order chi connectivity index (χ0) is 17.9. The zero-order valence-corrected chi connectivity index (χ0v) is 14.7. The molecule has 2 rings (SSSR count). The van der Waals surface area contributed by atoms with Crippen LogP contribution < -0.4 is 5.32 Å². The highest BCUT2D eigenvalue weighted by molar-refractivity contribution is 5.93. The van der Waals surface area contributed by atoms with Gasteiger partial charge in [-0.1, -0.05) is 0 Å².